The highest BCUT2D eigenvalue weighted by atomic mass is 19.1. The number of nitrogens with one attached hydrogen (secondary N) is 1. The van der Waals surface area contributed by atoms with Gasteiger partial charge >= 0.3 is 0 Å². The van der Waals surface area contributed by atoms with Crippen LogP contribution >= 0.6 is 0 Å². The zero-order valence-corrected chi connectivity index (χ0v) is 11.2. The van der Waals surface area contributed by atoms with Crippen molar-refractivity contribution >= 4 is 11.6 Å². The molecule has 110 valence electrons. The first-order chi connectivity index (χ1) is 10.6. The van der Waals surface area contributed by atoms with Crippen molar-refractivity contribution in [1.29, 1.82) is 0 Å². The summed E-state index contributed by atoms with van der Waals surface area (Å²) in [6.45, 7) is 0. The van der Waals surface area contributed by atoms with Gasteiger partial charge < -0.3 is 9.84 Å². The molecule has 0 saturated heterocycles. The van der Waals surface area contributed by atoms with Gasteiger partial charge in [0.05, 0.1) is 0 Å². The van der Waals surface area contributed by atoms with E-state index in [1.807, 2.05) is 0 Å². The fourth-order valence-corrected chi connectivity index (χ4v) is 1.89. The van der Waals surface area contributed by atoms with Gasteiger partial charge in [0.2, 0.25) is 0 Å². The predicted molar refractivity (Wildman–Crippen MR) is 76.3 cm³/mol. The Bertz CT molecular complexity index is 813. The molecule has 0 aliphatic heterocycles. The molecule has 0 bridgehead atoms. The number of halogens is 2. The van der Waals surface area contributed by atoms with Crippen molar-refractivity contribution in [2.45, 2.75) is 0 Å². The van der Waals surface area contributed by atoms with Crippen molar-refractivity contribution in [3.05, 3.63) is 71.9 Å². The van der Waals surface area contributed by atoms with E-state index in [-0.39, 0.29) is 11.5 Å². The Hall–Kier alpha value is -3.02. The van der Waals surface area contributed by atoms with Crippen molar-refractivity contribution in [2.75, 3.05) is 5.32 Å². The maximum Gasteiger partial charge on any atom is 0.277 e. The zero-order valence-electron chi connectivity index (χ0n) is 11.2. The van der Waals surface area contributed by atoms with Crippen molar-refractivity contribution in [3.63, 3.8) is 0 Å². The number of hydrogen-bond acceptors (Lipinski definition) is 3. The molecule has 0 saturated carbocycles. The van der Waals surface area contributed by atoms with Gasteiger partial charge in [-0.25, -0.2) is 8.78 Å². The monoisotopic (exact) mass is 300 g/mol. The fraction of sp³-hybridized carbons (Fsp3) is 0. The lowest BCUT2D eigenvalue weighted by atomic mass is 10.1. The second kappa shape index (κ2) is 5.77. The normalized spacial score (nSPS) is 10.5. The Balaban J connectivity index is 1.78. The first-order valence-corrected chi connectivity index (χ1v) is 6.41. The summed E-state index contributed by atoms with van der Waals surface area (Å²) in [6, 6.07) is 12.5. The van der Waals surface area contributed by atoms with E-state index in [2.05, 4.69) is 10.5 Å². The summed E-state index contributed by atoms with van der Waals surface area (Å²) in [5.41, 5.74) is 0.957. The molecule has 1 aromatic heterocycles. The van der Waals surface area contributed by atoms with Crippen LogP contribution < -0.4 is 5.32 Å². The third-order valence-electron chi connectivity index (χ3n) is 2.95. The number of hydrogen-bond donors (Lipinski definition) is 1. The molecule has 3 aromatic rings. The number of amides is 1. The van der Waals surface area contributed by atoms with Crippen molar-refractivity contribution in [3.8, 4) is 11.3 Å². The molecule has 0 spiro atoms. The average molecular weight is 300 g/mol. The minimum atomic E-state index is -0.525. The Morgan fingerprint density at radius 3 is 2.50 bits per heavy atom. The molecule has 1 amide bonds. The van der Waals surface area contributed by atoms with Crippen LogP contribution in [0.4, 0.5) is 14.5 Å². The van der Waals surface area contributed by atoms with Gasteiger partial charge in [0.1, 0.15) is 11.6 Å². The van der Waals surface area contributed by atoms with Crippen LogP contribution in [0.5, 0.6) is 0 Å². The van der Waals surface area contributed by atoms with Crippen LogP contribution in [0.2, 0.25) is 0 Å². The van der Waals surface area contributed by atoms with E-state index in [9.17, 15) is 13.6 Å². The van der Waals surface area contributed by atoms with Gasteiger partial charge in [-0.2, -0.15) is 0 Å². The van der Waals surface area contributed by atoms with Crippen molar-refractivity contribution in [1.82, 2.24) is 5.16 Å². The lowest BCUT2D eigenvalue weighted by molar-refractivity contribution is 0.101. The molecule has 0 atom stereocenters. The third-order valence-corrected chi connectivity index (χ3v) is 2.95. The van der Waals surface area contributed by atoms with Gasteiger partial charge in [0.25, 0.3) is 5.91 Å². The molecule has 1 N–H and O–H groups in total. The Kier molecular flexibility index (Phi) is 3.65. The second-order valence-corrected chi connectivity index (χ2v) is 4.55. The van der Waals surface area contributed by atoms with E-state index < -0.39 is 11.7 Å². The maximum absolute atomic E-state index is 13.1. The number of carbonyl (C=O) groups excluding carboxylic acids is 1. The number of anilines is 1. The van der Waals surface area contributed by atoms with E-state index in [1.54, 1.807) is 6.07 Å². The van der Waals surface area contributed by atoms with E-state index in [0.29, 0.717) is 17.0 Å². The van der Waals surface area contributed by atoms with Gasteiger partial charge in [-0.15, -0.1) is 0 Å². The number of aromatic nitrogens is 1. The van der Waals surface area contributed by atoms with Gasteiger partial charge in [0, 0.05) is 17.3 Å². The Morgan fingerprint density at radius 2 is 1.77 bits per heavy atom. The van der Waals surface area contributed by atoms with Crippen LogP contribution in [0.1, 0.15) is 10.5 Å². The summed E-state index contributed by atoms with van der Waals surface area (Å²) >= 11 is 0. The second-order valence-electron chi connectivity index (χ2n) is 4.55. The molecule has 0 fully saturated rings. The Labute approximate surface area is 124 Å². The highest BCUT2D eigenvalue weighted by Gasteiger charge is 2.14. The molecular weight excluding hydrogens is 290 g/mol. The number of rotatable bonds is 3. The smallest absolute Gasteiger partial charge is 0.277 e. The van der Waals surface area contributed by atoms with Crippen LogP contribution in [0.3, 0.4) is 0 Å². The molecule has 0 aliphatic rings. The molecule has 4 nitrogen and oxygen atoms in total. The molecular formula is C16H10F2N2O2. The molecule has 1 heterocycles. The Morgan fingerprint density at radius 1 is 1.00 bits per heavy atom. The van der Waals surface area contributed by atoms with Crippen LogP contribution in [0.25, 0.3) is 11.3 Å². The summed E-state index contributed by atoms with van der Waals surface area (Å²) in [5, 5.41) is 6.17. The molecule has 3 rings (SSSR count). The predicted octanol–water partition coefficient (Wildman–Crippen LogP) is 3.87. The van der Waals surface area contributed by atoms with Crippen LogP contribution in [-0.2, 0) is 0 Å². The van der Waals surface area contributed by atoms with Crippen LogP contribution in [0, 0.1) is 11.6 Å². The number of benzene rings is 2. The number of nitrogens with zero attached hydrogens (tertiary/aromatic N) is 1. The van der Waals surface area contributed by atoms with Gasteiger partial charge in [-0.05, 0) is 42.5 Å². The highest BCUT2D eigenvalue weighted by Crippen LogP contribution is 2.21. The topological polar surface area (TPSA) is 55.1 Å². The summed E-state index contributed by atoms with van der Waals surface area (Å²) in [6.07, 6.45) is 0. The van der Waals surface area contributed by atoms with E-state index >= 15 is 0 Å². The lowest BCUT2D eigenvalue weighted by Crippen LogP contribution is -2.12. The van der Waals surface area contributed by atoms with Crippen molar-refractivity contribution < 1.29 is 18.1 Å². The maximum atomic E-state index is 13.1. The fourth-order valence-electron chi connectivity index (χ4n) is 1.89. The largest absolute Gasteiger partial charge is 0.355 e. The highest BCUT2D eigenvalue weighted by molar-refractivity contribution is 6.03. The third kappa shape index (κ3) is 3.01. The van der Waals surface area contributed by atoms with E-state index in [4.69, 9.17) is 4.52 Å². The first kappa shape index (κ1) is 13.9. The number of carbonyl (C=O) groups is 1. The SMILES string of the molecule is O=C(Nc1cccc(F)c1)c1cc(-c2ccc(F)cc2)on1. The van der Waals surface area contributed by atoms with Crippen molar-refractivity contribution in [2.24, 2.45) is 0 Å². The zero-order chi connectivity index (χ0) is 15.5. The van der Waals surface area contributed by atoms with Crippen LogP contribution in [0.15, 0.2) is 59.1 Å². The first-order valence-electron chi connectivity index (χ1n) is 6.41. The molecule has 0 aliphatic carbocycles. The quantitative estimate of drug-likeness (QED) is 0.798. The minimum Gasteiger partial charge on any atom is -0.355 e. The van der Waals surface area contributed by atoms with E-state index in [0.717, 1.165) is 0 Å². The molecule has 0 unspecified atom stereocenters. The summed E-state index contributed by atoms with van der Waals surface area (Å²) in [4.78, 5) is 12.0. The summed E-state index contributed by atoms with van der Waals surface area (Å²) in [7, 11) is 0. The van der Waals surface area contributed by atoms with Gasteiger partial charge in [-0.3, -0.25) is 4.79 Å². The molecule has 6 heteroatoms. The average Bonchev–Trinajstić information content (AvgIpc) is 2.98. The van der Waals surface area contributed by atoms with Crippen LogP contribution in [-0.4, -0.2) is 11.1 Å². The van der Waals surface area contributed by atoms with E-state index in [1.165, 1.54) is 48.5 Å². The minimum absolute atomic E-state index is 0.0450. The summed E-state index contributed by atoms with van der Waals surface area (Å²) in [5.74, 6) is -1.01. The molecule has 2 aromatic carbocycles. The lowest BCUT2D eigenvalue weighted by Gasteiger charge is -2.01. The summed E-state index contributed by atoms with van der Waals surface area (Å²) < 4.78 is 31.0. The van der Waals surface area contributed by atoms with Gasteiger partial charge in [-0.1, -0.05) is 11.2 Å². The molecule has 0 radical (unpaired) electrons. The molecule has 22 heavy (non-hydrogen) atoms. The van der Waals surface area contributed by atoms with Gasteiger partial charge in [0.15, 0.2) is 11.5 Å². The standard InChI is InChI=1S/C16H10F2N2O2/c17-11-6-4-10(5-7-11)15-9-14(20-22-15)16(21)19-13-3-1-2-12(18)8-13/h1-9H,(H,19,21).